The summed E-state index contributed by atoms with van der Waals surface area (Å²) < 4.78 is 42.8. The average Bonchev–Trinajstić information content (AvgIpc) is 2.93. The highest BCUT2D eigenvalue weighted by atomic mass is 127. The molecule has 0 aromatic carbocycles. The van der Waals surface area contributed by atoms with E-state index < -0.39 is 11.9 Å². The summed E-state index contributed by atoms with van der Waals surface area (Å²) in [6.07, 6.45) is -2.90. The van der Waals surface area contributed by atoms with Gasteiger partial charge in [-0.25, -0.2) is 4.98 Å². The van der Waals surface area contributed by atoms with Crippen LogP contribution in [-0.2, 0) is 17.3 Å². The van der Waals surface area contributed by atoms with E-state index in [1.807, 2.05) is 13.8 Å². The molecule has 0 amide bonds. The van der Waals surface area contributed by atoms with Crippen molar-refractivity contribution in [1.82, 2.24) is 15.6 Å². The predicted octanol–water partition coefficient (Wildman–Crippen LogP) is 3.30. The number of nitrogens with zero attached hydrogens (tertiary/aromatic N) is 2. The molecule has 1 rings (SSSR count). The fourth-order valence-electron chi connectivity index (χ4n) is 1.66. The molecule has 0 saturated heterocycles. The molecule has 0 bridgehead atoms. The van der Waals surface area contributed by atoms with Gasteiger partial charge in [-0.2, -0.15) is 13.2 Å². The van der Waals surface area contributed by atoms with Gasteiger partial charge in [-0.1, -0.05) is 0 Å². The lowest BCUT2D eigenvalue weighted by atomic mass is 10.4. The van der Waals surface area contributed by atoms with Gasteiger partial charge in [0.2, 0.25) is 0 Å². The van der Waals surface area contributed by atoms with Crippen molar-refractivity contribution in [2.24, 2.45) is 4.99 Å². The standard InChI is InChI=1S/C14H23F3N4OS.HI/c1-10(2)22-8-4-6-19-13(18-3)20-7-5-12-21-11(9-23-12)14(15,16)17;/h9-10H,4-8H2,1-3H3,(H2,18,19,20);1H. The van der Waals surface area contributed by atoms with Crippen molar-refractivity contribution in [3.8, 4) is 0 Å². The molecule has 0 saturated carbocycles. The van der Waals surface area contributed by atoms with E-state index in [1.54, 1.807) is 7.05 Å². The van der Waals surface area contributed by atoms with E-state index in [0.29, 0.717) is 37.1 Å². The van der Waals surface area contributed by atoms with E-state index >= 15 is 0 Å². The SMILES string of the molecule is CN=C(NCCCOC(C)C)NCCc1nc(C(F)(F)F)cs1.I. The van der Waals surface area contributed by atoms with Gasteiger partial charge in [-0.15, -0.1) is 35.3 Å². The van der Waals surface area contributed by atoms with Crippen molar-refractivity contribution in [2.45, 2.75) is 39.0 Å². The first-order valence-corrected chi connectivity index (χ1v) is 8.28. The summed E-state index contributed by atoms with van der Waals surface area (Å²) in [7, 11) is 1.64. The van der Waals surface area contributed by atoms with Crippen LogP contribution in [0, 0.1) is 0 Å². The van der Waals surface area contributed by atoms with Gasteiger partial charge in [0.15, 0.2) is 11.7 Å². The maximum Gasteiger partial charge on any atom is 0.434 e. The number of alkyl halides is 3. The Kier molecular flexibility index (Phi) is 11.5. The number of rotatable bonds is 8. The van der Waals surface area contributed by atoms with E-state index in [0.717, 1.165) is 23.1 Å². The molecular weight excluding hydrogens is 456 g/mol. The topological polar surface area (TPSA) is 58.5 Å². The highest BCUT2D eigenvalue weighted by molar-refractivity contribution is 14.0. The highest BCUT2D eigenvalue weighted by Gasteiger charge is 2.33. The molecular formula is C14H24F3IN4OS. The lowest BCUT2D eigenvalue weighted by molar-refractivity contribution is -0.140. The van der Waals surface area contributed by atoms with Crippen LogP contribution >= 0.6 is 35.3 Å². The van der Waals surface area contributed by atoms with Crippen LogP contribution < -0.4 is 10.6 Å². The number of aromatic nitrogens is 1. The molecule has 0 aliphatic heterocycles. The Balaban J connectivity index is 0.00000529. The zero-order valence-corrected chi connectivity index (χ0v) is 17.1. The number of nitrogens with one attached hydrogen (secondary N) is 2. The van der Waals surface area contributed by atoms with Crippen LogP contribution in [0.1, 0.15) is 31.0 Å². The minimum Gasteiger partial charge on any atom is -0.379 e. The summed E-state index contributed by atoms with van der Waals surface area (Å²) in [5.74, 6) is 0.613. The van der Waals surface area contributed by atoms with Crippen molar-refractivity contribution in [3.05, 3.63) is 16.1 Å². The van der Waals surface area contributed by atoms with Gasteiger partial charge < -0.3 is 15.4 Å². The van der Waals surface area contributed by atoms with Gasteiger partial charge in [0.25, 0.3) is 0 Å². The summed E-state index contributed by atoms with van der Waals surface area (Å²) in [4.78, 5) is 7.64. The molecule has 10 heteroatoms. The number of aliphatic imine (C=N–C) groups is 1. The van der Waals surface area contributed by atoms with Crippen molar-refractivity contribution in [1.29, 1.82) is 0 Å². The van der Waals surface area contributed by atoms with E-state index in [-0.39, 0.29) is 30.1 Å². The van der Waals surface area contributed by atoms with Crippen LogP contribution in [0.5, 0.6) is 0 Å². The van der Waals surface area contributed by atoms with Gasteiger partial charge in [-0.3, -0.25) is 4.99 Å². The Morgan fingerprint density at radius 2 is 2.00 bits per heavy atom. The molecule has 140 valence electrons. The average molecular weight is 480 g/mol. The number of thiazole rings is 1. The molecule has 0 aliphatic carbocycles. The lowest BCUT2D eigenvalue weighted by Gasteiger charge is -2.12. The van der Waals surface area contributed by atoms with Crippen molar-refractivity contribution < 1.29 is 17.9 Å². The summed E-state index contributed by atoms with van der Waals surface area (Å²) in [5.41, 5.74) is -0.829. The van der Waals surface area contributed by atoms with Crippen LogP contribution in [0.15, 0.2) is 10.4 Å². The zero-order valence-electron chi connectivity index (χ0n) is 13.9. The third-order valence-electron chi connectivity index (χ3n) is 2.76. The molecule has 0 aliphatic rings. The fraction of sp³-hybridized carbons (Fsp3) is 0.714. The molecule has 1 aromatic rings. The Morgan fingerprint density at radius 3 is 2.54 bits per heavy atom. The Morgan fingerprint density at radius 1 is 1.33 bits per heavy atom. The maximum atomic E-state index is 12.4. The minimum atomic E-state index is -4.38. The quantitative estimate of drug-likeness (QED) is 0.260. The highest BCUT2D eigenvalue weighted by Crippen LogP contribution is 2.29. The third kappa shape index (κ3) is 9.62. The summed E-state index contributed by atoms with van der Waals surface area (Å²) in [6.45, 7) is 5.81. The van der Waals surface area contributed by atoms with Crippen LogP contribution in [-0.4, -0.2) is 43.8 Å². The number of hydrogen-bond acceptors (Lipinski definition) is 4. The number of hydrogen-bond donors (Lipinski definition) is 2. The zero-order chi connectivity index (χ0) is 17.3. The molecule has 1 aromatic heterocycles. The molecule has 0 fully saturated rings. The maximum absolute atomic E-state index is 12.4. The Bertz CT molecular complexity index is 495. The lowest BCUT2D eigenvalue weighted by Crippen LogP contribution is -2.39. The molecule has 2 N–H and O–H groups in total. The van der Waals surface area contributed by atoms with Crippen LogP contribution in [0.25, 0.3) is 0 Å². The normalized spacial score (nSPS) is 12.2. The van der Waals surface area contributed by atoms with E-state index in [1.165, 1.54) is 0 Å². The van der Waals surface area contributed by atoms with Gasteiger partial charge in [-0.05, 0) is 20.3 Å². The van der Waals surface area contributed by atoms with Crippen LogP contribution in [0.3, 0.4) is 0 Å². The predicted molar refractivity (Wildman–Crippen MR) is 101 cm³/mol. The second-order valence-corrected chi connectivity index (χ2v) is 6.02. The molecule has 24 heavy (non-hydrogen) atoms. The second-order valence-electron chi connectivity index (χ2n) is 5.07. The van der Waals surface area contributed by atoms with Crippen molar-refractivity contribution >= 4 is 41.3 Å². The molecule has 0 radical (unpaired) electrons. The van der Waals surface area contributed by atoms with Crippen molar-refractivity contribution in [2.75, 3.05) is 26.7 Å². The van der Waals surface area contributed by atoms with E-state index in [4.69, 9.17) is 4.74 Å². The molecule has 5 nitrogen and oxygen atoms in total. The van der Waals surface area contributed by atoms with E-state index in [9.17, 15) is 13.2 Å². The number of guanidine groups is 1. The minimum absolute atomic E-state index is 0. The Hall–Kier alpha value is -0.620. The molecule has 0 spiro atoms. The smallest absolute Gasteiger partial charge is 0.379 e. The van der Waals surface area contributed by atoms with Gasteiger partial charge in [0, 0.05) is 38.5 Å². The first-order valence-electron chi connectivity index (χ1n) is 7.40. The molecule has 0 unspecified atom stereocenters. The first kappa shape index (κ1) is 23.4. The second kappa shape index (κ2) is 11.9. The van der Waals surface area contributed by atoms with Crippen LogP contribution in [0.4, 0.5) is 13.2 Å². The largest absolute Gasteiger partial charge is 0.434 e. The number of ether oxygens (including phenoxy) is 1. The summed E-state index contributed by atoms with van der Waals surface area (Å²) >= 11 is 1.01. The summed E-state index contributed by atoms with van der Waals surface area (Å²) in [6, 6.07) is 0. The molecule has 0 atom stereocenters. The number of halogens is 4. The monoisotopic (exact) mass is 480 g/mol. The third-order valence-corrected chi connectivity index (χ3v) is 3.67. The summed E-state index contributed by atoms with van der Waals surface area (Å²) in [5, 5.41) is 7.66. The molecule has 1 heterocycles. The van der Waals surface area contributed by atoms with Gasteiger partial charge >= 0.3 is 6.18 Å². The van der Waals surface area contributed by atoms with Crippen molar-refractivity contribution in [3.63, 3.8) is 0 Å². The van der Waals surface area contributed by atoms with Gasteiger partial charge in [0.1, 0.15) is 0 Å². The fourth-order valence-corrected chi connectivity index (χ4v) is 2.47. The first-order chi connectivity index (χ1) is 10.8. The van der Waals surface area contributed by atoms with E-state index in [2.05, 4.69) is 20.6 Å². The van der Waals surface area contributed by atoms with Crippen LogP contribution in [0.2, 0.25) is 0 Å². The van der Waals surface area contributed by atoms with Gasteiger partial charge in [0.05, 0.1) is 11.1 Å². The Labute approximate surface area is 161 Å².